The van der Waals surface area contributed by atoms with Crippen LogP contribution in [0.15, 0.2) is 0 Å². The van der Waals surface area contributed by atoms with Gasteiger partial charge in [-0.1, -0.05) is 29.0 Å². The molecule has 0 fully saturated rings. The number of hydrogen-bond acceptors (Lipinski definition) is 1. The zero-order chi connectivity index (χ0) is 8.04. The molecule has 0 heterocycles. The van der Waals surface area contributed by atoms with Crippen LogP contribution in [0.4, 0.5) is 0 Å². The van der Waals surface area contributed by atoms with Gasteiger partial charge in [0.15, 0.2) is 0 Å². The Morgan fingerprint density at radius 1 is 1.20 bits per heavy atom. The minimum Gasteiger partial charge on any atom is -0.324 e. The zero-order valence-electron chi connectivity index (χ0n) is 6.77. The molecule has 0 radical (unpaired) electrons. The number of rotatable bonds is 5. The van der Waals surface area contributed by atoms with E-state index >= 15 is 0 Å². The number of hydrogen-bond donors (Lipinski definition) is 0. The first-order valence-corrected chi connectivity index (χ1v) is 7.97. The summed E-state index contributed by atoms with van der Waals surface area (Å²) in [4.78, 5) is 0. The lowest BCUT2D eigenvalue weighted by atomic mass is 10.3. The summed E-state index contributed by atoms with van der Waals surface area (Å²) < 4.78 is 12.4. The molecule has 0 atom stereocenters. The van der Waals surface area contributed by atoms with Gasteiger partial charge in [0.25, 0.3) is 0 Å². The molecule has 0 spiro atoms. The average molecular weight is 274 g/mol. The van der Waals surface area contributed by atoms with E-state index < -0.39 is 7.14 Å². The monoisotopic (exact) mass is 274 g/mol. The van der Waals surface area contributed by atoms with Crippen molar-refractivity contribution < 1.29 is 4.57 Å². The molecular formula is C7H16IOP. The molecule has 0 unspecified atom stereocenters. The smallest absolute Gasteiger partial charge is 0.0819 e. The van der Waals surface area contributed by atoms with Crippen LogP contribution in [0, 0.1) is 0 Å². The second-order valence-electron chi connectivity index (χ2n) is 3.05. The van der Waals surface area contributed by atoms with Gasteiger partial charge in [0.2, 0.25) is 0 Å². The Balaban J connectivity index is 3.13. The maximum Gasteiger partial charge on any atom is 0.0819 e. The quantitative estimate of drug-likeness (QED) is 0.325. The molecule has 0 aromatic rings. The molecule has 0 N–H and O–H groups in total. The molecular weight excluding hydrogens is 258 g/mol. The molecule has 3 heteroatoms. The molecule has 1 nitrogen and oxygen atoms in total. The summed E-state index contributed by atoms with van der Waals surface area (Å²) in [7, 11) is -1.71. The first-order chi connectivity index (χ1) is 4.56. The van der Waals surface area contributed by atoms with Crippen molar-refractivity contribution in [2.24, 2.45) is 0 Å². The van der Waals surface area contributed by atoms with Gasteiger partial charge in [-0.3, -0.25) is 0 Å². The Kier molecular flexibility index (Phi) is 6.13. The van der Waals surface area contributed by atoms with Crippen molar-refractivity contribution in [2.45, 2.75) is 19.3 Å². The van der Waals surface area contributed by atoms with Gasteiger partial charge >= 0.3 is 0 Å². The minimum absolute atomic E-state index is 0.934. The lowest BCUT2D eigenvalue weighted by Gasteiger charge is -2.04. The second-order valence-corrected chi connectivity index (χ2v) is 7.72. The molecule has 0 aromatic heterocycles. The highest BCUT2D eigenvalue weighted by molar-refractivity contribution is 14.1. The third-order valence-electron chi connectivity index (χ3n) is 1.33. The zero-order valence-corrected chi connectivity index (χ0v) is 9.82. The van der Waals surface area contributed by atoms with E-state index in [9.17, 15) is 4.57 Å². The van der Waals surface area contributed by atoms with Gasteiger partial charge in [-0.25, -0.2) is 0 Å². The summed E-state index contributed by atoms with van der Waals surface area (Å²) in [5.41, 5.74) is 0. The Morgan fingerprint density at radius 2 is 1.80 bits per heavy atom. The van der Waals surface area contributed by atoms with Crippen LogP contribution in [0.5, 0.6) is 0 Å². The number of alkyl halides is 1. The maximum atomic E-state index is 11.2. The van der Waals surface area contributed by atoms with Gasteiger partial charge in [-0.15, -0.1) is 0 Å². The van der Waals surface area contributed by atoms with E-state index in [-0.39, 0.29) is 0 Å². The van der Waals surface area contributed by atoms with Crippen molar-refractivity contribution in [3.8, 4) is 0 Å². The largest absolute Gasteiger partial charge is 0.324 e. The highest BCUT2D eigenvalue weighted by Gasteiger charge is 2.04. The molecule has 0 rings (SSSR count). The van der Waals surface area contributed by atoms with Gasteiger partial charge in [0.05, 0.1) is 7.14 Å². The van der Waals surface area contributed by atoms with Crippen LogP contribution in [-0.4, -0.2) is 23.9 Å². The van der Waals surface area contributed by atoms with E-state index in [1.807, 2.05) is 13.3 Å². The van der Waals surface area contributed by atoms with Gasteiger partial charge in [-0.05, 0) is 30.6 Å². The topological polar surface area (TPSA) is 17.1 Å². The summed E-state index contributed by atoms with van der Waals surface area (Å²) >= 11 is 2.38. The Bertz CT molecular complexity index is 119. The Morgan fingerprint density at radius 3 is 2.20 bits per heavy atom. The van der Waals surface area contributed by atoms with Crippen molar-refractivity contribution in [3.63, 3.8) is 0 Å². The van der Waals surface area contributed by atoms with Crippen molar-refractivity contribution in [2.75, 3.05) is 23.9 Å². The summed E-state index contributed by atoms with van der Waals surface area (Å²) in [5, 5.41) is 0. The van der Waals surface area contributed by atoms with Crippen LogP contribution in [0.1, 0.15) is 19.3 Å². The molecule has 0 saturated heterocycles. The van der Waals surface area contributed by atoms with E-state index in [4.69, 9.17) is 0 Å². The predicted molar refractivity (Wildman–Crippen MR) is 57.1 cm³/mol. The van der Waals surface area contributed by atoms with E-state index in [1.54, 1.807) is 0 Å². The standard InChI is InChI=1S/C7H16IOP/c1-10(2,9)7-5-3-4-6-8/h3-7H2,1-2H3. The van der Waals surface area contributed by atoms with Gasteiger partial charge in [-0.2, -0.15) is 0 Å². The fourth-order valence-corrected chi connectivity index (χ4v) is 2.29. The van der Waals surface area contributed by atoms with Crippen LogP contribution >= 0.6 is 29.7 Å². The van der Waals surface area contributed by atoms with Crippen LogP contribution in [0.3, 0.4) is 0 Å². The van der Waals surface area contributed by atoms with Crippen LogP contribution in [-0.2, 0) is 4.57 Å². The second kappa shape index (κ2) is 5.59. The SMILES string of the molecule is CP(C)(=O)CCCCCI. The lowest BCUT2D eigenvalue weighted by Crippen LogP contribution is -1.86. The fourth-order valence-electron chi connectivity index (χ4n) is 0.764. The molecule has 62 valence electrons. The third kappa shape index (κ3) is 8.96. The van der Waals surface area contributed by atoms with Crippen molar-refractivity contribution in [1.82, 2.24) is 0 Å². The van der Waals surface area contributed by atoms with Gasteiger partial charge in [0, 0.05) is 6.16 Å². The van der Waals surface area contributed by atoms with Crippen molar-refractivity contribution in [1.29, 1.82) is 0 Å². The molecule has 0 aliphatic heterocycles. The van der Waals surface area contributed by atoms with Gasteiger partial charge < -0.3 is 4.57 Å². The molecule has 0 amide bonds. The normalized spacial score (nSPS) is 11.9. The molecule has 0 aromatic carbocycles. The molecule has 0 aliphatic carbocycles. The highest BCUT2D eigenvalue weighted by Crippen LogP contribution is 2.36. The summed E-state index contributed by atoms with van der Waals surface area (Å²) in [6, 6.07) is 0. The van der Waals surface area contributed by atoms with Gasteiger partial charge in [0.1, 0.15) is 0 Å². The van der Waals surface area contributed by atoms with Crippen LogP contribution in [0.2, 0.25) is 0 Å². The number of unbranched alkanes of at least 4 members (excludes halogenated alkanes) is 2. The highest BCUT2D eigenvalue weighted by atomic mass is 127. The minimum atomic E-state index is -1.71. The van der Waals surface area contributed by atoms with Crippen LogP contribution in [0.25, 0.3) is 0 Å². The van der Waals surface area contributed by atoms with Crippen LogP contribution < -0.4 is 0 Å². The summed E-state index contributed by atoms with van der Waals surface area (Å²) in [5.74, 6) is 0. The lowest BCUT2D eigenvalue weighted by molar-refractivity contribution is 0.579. The Hall–Kier alpha value is 0.960. The fraction of sp³-hybridized carbons (Fsp3) is 1.00. The molecule has 0 aliphatic rings. The first kappa shape index (κ1) is 11.0. The first-order valence-electron chi connectivity index (χ1n) is 3.66. The molecule has 0 saturated carbocycles. The predicted octanol–water partition coefficient (Wildman–Crippen LogP) is 3.21. The van der Waals surface area contributed by atoms with Crippen molar-refractivity contribution in [3.05, 3.63) is 0 Å². The number of halogens is 1. The summed E-state index contributed by atoms with van der Waals surface area (Å²) in [6.45, 7) is 3.74. The van der Waals surface area contributed by atoms with E-state index in [2.05, 4.69) is 22.6 Å². The van der Waals surface area contributed by atoms with E-state index in [1.165, 1.54) is 17.3 Å². The maximum absolute atomic E-state index is 11.2. The summed E-state index contributed by atoms with van der Waals surface area (Å²) in [6.07, 6.45) is 4.60. The molecule has 0 bridgehead atoms. The third-order valence-corrected chi connectivity index (χ3v) is 3.49. The average Bonchev–Trinajstić information content (AvgIpc) is 1.78. The Labute approximate surface area is 77.5 Å². The van der Waals surface area contributed by atoms with E-state index in [0.717, 1.165) is 12.6 Å². The van der Waals surface area contributed by atoms with E-state index in [0.29, 0.717) is 0 Å². The molecule has 10 heavy (non-hydrogen) atoms. The van der Waals surface area contributed by atoms with Crippen molar-refractivity contribution >= 4 is 29.7 Å².